The summed E-state index contributed by atoms with van der Waals surface area (Å²) in [5.74, 6) is 0. The van der Waals surface area contributed by atoms with Crippen molar-refractivity contribution in [1.82, 2.24) is 9.88 Å². The van der Waals surface area contributed by atoms with E-state index in [9.17, 15) is 4.79 Å². The summed E-state index contributed by atoms with van der Waals surface area (Å²) in [6.45, 7) is 8.70. The molecule has 2 aromatic rings. The molecule has 0 aliphatic carbocycles. The molecule has 1 saturated heterocycles. The number of allylic oxidation sites excluding steroid dienone is 1. The Morgan fingerprint density at radius 3 is 2.78 bits per heavy atom. The van der Waals surface area contributed by atoms with Gasteiger partial charge in [0.25, 0.3) is 0 Å². The predicted octanol–water partition coefficient (Wildman–Crippen LogP) is 5.80. The van der Waals surface area contributed by atoms with Crippen molar-refractivity contribution in [3.63, 3.8) is 0 Å². The van der Waals surface area contributed by atoms with E-state index in [1.54, 1.807) is 6.20 Å². The van der Waals surface area contributed by atoms with Gasteiger partial charge in [-0.1, -0.05) is 35.3 Å². The van der Waals surface area contributed by atoms with Gasteiger partial charge < -0.3 is 9.64 Å². The number of unbranched alkanes of at least 4 members (excludes halogenated alkanes) is 1. The summed E-state index contributed by atoms with van der Waals surface area (Å²) in [6, 6.07) is 7.70. The van der Waals surface area contributed by atoms with Crippen molar-refractivity contribution in [2.45, 2.75) is 32.3 Å². The number of ether oxygens (including phenoxy) is 1. The Hall–Kier alpha value is -2.28. The number of anilines is 2. The number of nitrogens with one attached hydrogen (secondary N) is 1. The Morgan fingerprint density at radius 1 is 1.22 bits per heavy atom. The van der Waals surface area contributed by atoms with Crippen LogP contribution in [0.1, 0.15) is 37.9 Å². The molecular formula is C24H28Cl2N4O2. The average Bonchev–Trinajstić information content (AvgIpc) is 2.75. The Kier molecular flexibility index (Phi) is 6.93. The summed E-state index contributed by atoms with van der Waals surface area (Å²) in [7, 11) is 0. The quantitative estimate of drug-likeness (QED) is 0.535. The second kappa shape index (κ2) is 9.69. The lowest BCUT2D eigenvalue weighted by Crippen LogP contribution is -2.46. The van der Waals surface area contributed by atoms with Crippen LogP contribution in [0.2, 0.25) is 10.0 Å². The second-order valence-corrected chi connectivity index (χ2v) is 9.41. The fourth-order valence-corrected chi connectivity index (χ4v) is 4.57. The monoisotopic (exact) mass is 474 g/mol. The Morgan fingerprint density at radius 2 is 2.00 bits per heavy atom. The van der Waals surface area contributed by atoms with Gasteiger partial charge in [-0.2, -0.15) is 0 Å². The van der Waals surface area contributed by atoms with Gasteiger partial charge in [0, 0.05) is 37.9 Å². The van der Waals surface area contributed by atoms with Crippen LogP contribution in [0, 0.1) is 0 Å². The third-order valence-corrected chi connectivity index (χ3v) is 6.75. The van der Waals surface area contributed by atoms with Crippen LogP contribution in [-0.2, 0) is 10.3 Å². The summed E-state index contributed by atoms with van der Waals surface area (Å²) in [5, 5.41) is 4.00. The van der Waals surface area contributed by atoms with E-state index in [2.05, 4.69) is 26.2 Å². The second-order valence-electron chi connectivity index (χ2n) is 8.63. The molecule has 0 unspecified atom stereocenters. The molecule has 1 aromatic carbocycles. The maximum absolute atomic E-state index is 11.7. The molecule has 0 atom stereocenters. The highest BCUT2D eigenvalue weighted by atomic mass is 35.5. The van der Waals surface area contributed by atoms with Crippen LogP contribution in [0.15, 0.2) is 36.5 Å². The number of cyclic esters (lactones) is 1. The van der Waals surface area contributed by atoms with Gasteiger partial charge in [-0.05, 0) is 57.5 Å². The molecule has 1 N–H and O–H groups in total. The Labute approximate surface area is 199 Å². The summed E-state index contributed by atoms with van der Waals surface area (Å²) >= 11 is 12.5. The smallest absolute Gasteiger partial charge is 0.412 e. The summed E-state index contributed by atoms with van der Waals surface area (Å²) in [5.41, 5.74) is 2.82. The number of nitrogens with zero attached hydrogens (tertiary/aromatic N) is 3. The molecule has 0 bridgehead atoms. The molecular weight excluding hydrogens is 447 g/mol. The molecule has 4 rings (SSSR count). The molecule has 32 heavy (non-hydrogen) atoms. The van der Waals surface area contributed by atoms with Crippen molar-refractivity contribution >= 4 is 46.7 Å². The van der Waals surface area contributed by atoms with E-state index in [0.29, 0.717) is 10.0 Å². The number of hydrogen-bond acceptors (Lipinski definition) is 5. The fraction of sp³-hybridized carbons (Fsp3) is 0.417. The number of pyridine rings is 1. The third-order valence-electron chi connectivity index (χ3n) is 5.94. The first-order chi connectivity index (χ1) is 15.3. The van der Waals surface area contributed by atoms with Crippen LogP contribution in [0.25, 0.3) is 6.08 Å². The highest BCUT2D eigenvalue weighted by molar-refractivity contribution is 6.43. The molecule has 2 aliphatic rings. The van der Waals surface area contributed by atoms with Crippen molar-refractivity contribution in [2.24, 2.45) is 0 Å². The van der Waals surface area contributed by atoms with Crippen LogP contribution in [-0.4, -0.2) is 48.7 Å². The van der Waals surface area contributed by atoms with E-state index in [-0.39, 0.29) is 0 Å². The van der Waals surface area contributed by atoms with Gasteiger partial charge in [-0.3, -0.25) is 15.2 Å². The number of hydrogen-bond donors (Lipinski definition) is 1. The minimum Gasteiger partial charge on any atom is -0.438 e. The zero-order valence-corrected chi connectivity index (χ0v) is 19.9. The minimum atomic E-state index is -0.672. The highest BCUT2D eigenvalue weighted by Crippen LogP contribution is 2.35. The van der Waals surface area contributed by atoms with Gasteiger partial charge in [0.05, 0.1) is 27.1 Å². The first-order valence-corrected chi connectivity index (χ1v) is 11.7. The van der Waals surface area contributed by atoms with Crippen LogP contribution < -0.4 is 10.2 Å². The topological polar surface area (TPSA) is 57.7 Å². The molecule has 0 saturated carbocycles. The van der Waals surface area contributed by atoms with Gasteiger partial charge in [-0.25, -0.2) is 4.79 Å². The predicted molar refractivity (Wildman–Crippen MR) is 131 cm³/mol. The van der Waals surface area contributed by atoms with Crippen molar-refractivity contribution in [1.29, 1.82) is 0 Å². The first kappa shape index (κ1) is 22.9. The van der Waals surface area contributed by atoms with Gasteiger partial charge >= 0.3 is 6.09 Å². The van der Waals surface area contributed by atoms with Crippen molar-refractivity contribution in [2.75, 3.05) is 42.9 Å². The normalized spacial score (nSPS) is 18.4. The molecule has 2 aliphatic heterocycles. The molecule has 6 nitrogen and oxygen atoms in total. The number of carbonyl (C=O) groups is 1. The molecule has 1 fully saturated rings. The van der Waals surface area contributed by atoms with Crippen LogP contribution >= 0.6 is 23.2 Å². The number of halogens is 2. The molecule has 1 aromatic heterocycles. The first-order valence-electron chi connectivity index (χ1n) is 10.9. The lowest BCUT2D eigenvalue weighted by atomic mass is 9.96. The van der Waals surface area contributed by atoms with Crippen LogP contribution in [0.3, 0.4) is 0 Å². The molecule has 1 amide bonds. The van der Waals surface area contributed by atoms with Crippen molar-refractivity contribution in [3.8, 4) is 0 Å². The maximum Gasteiger partial charge on any atom is 0.412 e. The van der Waals surface area contributed by atoms with Gasteiger partial charge in [-0.15, -0.1) is 0 Å². The fourth-order valence-electron chi connectivity index (χ4n) is 4.15. The number of rotatable bonds is 6. The van der Waals surface area contributed by atoms with Gasteiger partial charge in [0.2, 0.25) is 0 Å². The Balaban J connectivity index is 1.23. The van der Waals surface area contributed by atoms with Gasteiger partial charge in [0.1, 0.15) is 5.60 Å². The van der Waals surface area contributed by atoms with Gasteiger partial charge in [0.15, 0.2) is 0 Å². The van der Waals surface area contributed by atoms with E-state index >= 15 is 0 Å². The van der Waals surface area contributed by atoms with E-state index in [1.165, 1.54) is 0 Å². The summed E-state index contributed by atoms with van der Waals surface area (Å²) < 4.78 is 5.33. The largest absolute Gasteiger partial charge is 0.438 e. The molecule has 8 heteroatoms. The molecule has 0 spiro atoms. The minimum absolute atomic E-state index is 0.429. The van der Waals surface area contributed by atoms with E-state index in [4.69, 9.17) is 27.9 Å². The summed E-state index contributed by atoms with van der Waals surface area (Å²) in [4.78, 5) is 21.0. The maximum atomic E-state index is 11.7. The molecule has 3 heterocycles. The van der Waals surface area contributed by atoms with E-state index < -0.39 is 11.7 Å². The number of carbonyl (C=O) groups excluding carboxylic acids is 1. The summed E-state index contributed by atoms with van der Waals surface area (Å²) in [6.07, 6.45) is 7.55. The van der Waals surface area contributed by atoms with E-state index in [1.807, 2.05) is 44.2 Å². The van der Waals surface area contributed by atoms with E-state index in [0.717, 1.165) is 68.2 Å². The van der Waals surface area contributed by atoms with Crippen molar-refractivity contribution < 1.29 is 9.53 Å². The molecule has 0 radical (unpaired) electrons. The highest BCUT2D eigenvalue weighted by Gasteiger charge is 2.33. The number of aromatic nitrogens is 1. The Bertz CT molecular complexity index is 1020. The van der Waals surface area contributed by atoms with Crippen LogP contribution in [0.5, 0.6) is 0 Å². The lowest BCUT2D eigenvalue weighted by Gasteiger charge is -2.36. The number of benzene rings is 1. The number of fused-ring (bicyclic) bond motifs is 1. The number of amides is 1. The SMILES string of the molecule is CC1(C)OC(=O)Nc2cc(/C=C/CCCN3CCN(c4cccc(Cl)c4Cl)CC3)ncc21. The molecule has 170 valence electrons. The van der Waals surface area contributed by atoms with Crippen LogP contribution in [0.4, 0.5) is 16.2 Å². The zero-order chi connectivity index (χ0) is 22.7. The lowest BCUT2D eigenvalue weighted by molar-refractivity contribution is 0.0418. The average molecular weight is 475 g/mol. The standard InChI is InChI=1S/C24H28Cl2N4O2/c1-24(2)18-16-27-17(15-20(18)28-23(31)32-24)7-4-3-5-10-29-11-13-30(14-12-29)21-9-6-8-19(25)22(21)26/h4,6-9,15-16H,3,5,10-14H2,1-2H3,(H,28,31)/b7-4+. The zero-order valence-electron chi connectivity index (χ0n) is 18.4. The van der Waals surface area contributed by atoms with Crippen molar-refractivity contribution in [3.05, 3.63) is 57.8 Å². The number of piperazine rings is 1. The third kappa shape index (κ3) is 5.20.